The second-order valence-electron chi connectivity index (χ2n) is 10.4. The summed E-state index contributed by atoms with van der Waals surface area (Å²) in [6, 6.07) is 6.55. The van der Waals surface area contributed by atoms with E-state index in [9.17, 15) is 4.79 Å². The number of hydrogen-bond donors (Lipinski definition) is 0. The summed E-state index contributed by atoms with van der Waals surface area (Å²) in [6.07, 6.45) is 4.01. The first-order valence-corrected chi connectivity index (χ1v) is 13.1. The van der Waals surface area contributed by atoms with Crippen molar-refractivity contribution in [2.45, 2.75) is 50.7 Å². The van der Waals surface area contributed by atoms with Gasteiger partial charge in [-0.1, -0.05) is 0 Å². The van der Waals surface area contributed by atoms with Crippen LogP contribution in [0.5, 0.6) is 6.01 Å². The molecule has 3 atom stereocenters. The van der Waals surface area contributed by atoms with Crippen molar-refractivity contribution in [2.75, 3.05) is 51.4 Å². The molecular formula is C27H33FN6O3. The molecule has 0 spiro atoms. The van der Waals surface area contributed by atoms with Gasteiger partial charge < -0.3 is 14.4 Å². The highest BCUT2D eigenvalue weighted by Crippen LogP contribution is 2.36. The Hall–Kier alpha value is -3.11. The Morgan fingerprint density at radius 1 is 1.14 bits per heavy atom. The van der Waals surface area contributed by atoms with E-state index >= 15 is 4.39 Å². The first-order chi connectivity index (χ1) is 18.0. The Bertz CT molecular complexity index is 1310. The number of halogens is 1. The van der Waals surface area contributed by atoms with E-state index in [2.05, 4.69) is 39.0 Å². The molecule has 3 fully saturated rings. The number of aromatic nitrogens is 4. The molecule has 196 valence electrons. The number of fused-ring (bicyclic) bond motifs is 1. The number of carbonyl (C=O) groups excluding carboxylic acids is 1. The van der Waals surface area contributed by atoms with Crippen LogP contribution in [0.1, 0.15) is 42.7 Å². The Morgan fingerprint density at radius 3 is 2.76 bits per heavy atom. The third kappa shape index (κ3) is 4.68. The molecular weight excluding hydrogens is 475 g/mol. The number of anilines is 1. The Morgan fingerprint density at radius 2 is 2.00 bits per heavy atom. The minimum Gasteiger partial charge on any atom is -0.467 e. The number of ether oxygens (including phenoxy) is 2. The molecule has 3 aromatic rings. The maximum absolute atomic E-state index is 15.6. The van der Waals surface area contributed by atoms with Gasteiger partial charge >= 0.3 is 6.01 Å². The zero-order chi connectivity index (χ0) is 25.5. The maximum atomic E-state index is 15.6. The van der Waals surface area contributed by atoms with Gasteiger partial charge in [-0.05, 0) is 56.0 Å². The Kier molecular flexibility index (Phi) is 6.54. The Labute approximate surface area is 215 Å². The van der Waals surface area contributed by atoms with Crippen LogP contribution in [0.15, 0.2) is 24.4 Å². The third-order valence-electron chi connectivity index (χ3n) is 8.00. The van der Waals surface area contributed by atoms with Crippen molar-refractivity contribution in [3.05, 3.63) is 35.5 Å². The smallest absolute Gasteiger partial charge is 0.320 e. The van der Waals surface area contributed by atoms with Crippen LogP contribution in [0.2, 0.25) is 0 Å². The Balaban J connectivity index is 1.33. The first-order valence-electron chi connectivity index (χ1n) is 13.1. The number of alkyl halides is 1. The number of Topliss-reactive ketones (excluding diaryl/α,β-unsaturated/α-hetero) is 1. The standard InChI is InChI=1S/C27H33FN6O3/c1-17-10-18-13-29-34(26-12-25(30-27(31-26)36-2)33-7-3-4-20(35)14-33)24(18)11-22(17)21-5-8-32(15-23(21)28)19-6-9-37-16-19/h10-13,19,21,23H,3-9,14-16H2,1-2H3. The van der Waals surface area contributed by atoms with Gasteiger partial charge in [0, 0.05) is 49.5 Å². The number of methoxy groups -OCH3 is 1. The van der Waals surface area contributed by atoms with E-state index in [4.69, 9.17) is 9.47 Å². The van der Waals surface area contributed by atoms with Gasteiger partial charge in [-0.15, -0.1) is 0 Å². The molecule has 37 heavy (non-hydrogen) atoms. The molecule has 6 rings (SSSR count). The number of likely N-dealkylation sites (tertiary alicyclic amines) is 1. The van der Waals surface area contributed by atoms with Crippen LogP contribution in [-0.4, -0.2) is 89.1 Å². The van der Waals surface area contributed by atoms with Crippen molar-refractivity contribution in [3.63, 3.8) is 0 Å². The topological polar surface area (TPSA) is 85.6 Å². The molecule has 3 aliphatic rings. The van der Waals surface area contributed by atoms with Crippen molar-refractivity contribution >= 4 is 22.5 Å². The lowest BCUT2D eigenvalue weighted by Gasteiger charge is -2.38. The number of ketones is 1. The van der Waals surface area contributed by atoms with Crippen molar-refractivity contribution in [1.82, 2.24) is 24.6 Å². The molecule has 3 unspecified atom stereocenters. The minimum absolute atomic E-state index is 0.166. The lowest BCUT2D eigenvalue weighted by Crippen LogP contribution is -2.46. The molecule has 0 amide bonds. The van der Waals surface area contributed by atoms with E-state index in [-0.39, 0.29) is 17.7 Å². The van der Waals surface area contributed by atoms with Gasteiger partial charge in [-0.25, -0.2) is 9.07 Å². The van der Waals surface area contributed by atoms with Crippen molar-refractivity contribution < 1.29 is 18.7 Å². The molecule has 10 heteroatoms. The maximum Gasteiger partial charge on any atom is 0.320 e. The molecule has 9 nitrogen and oxygen atoms in total. The van der Waals surface area contributed by atoms with Gasteiger partial charge in [0.15, 0.2) is 11.6 Å². The quantitative estimate of drug-likeness (QED) is 0.520. The van der Waals surface area contributed by atoms with E-state index in [1.165, 1.54) is 7.11 Å². The lowest BCUT2D eigenvalue weighted by molar-refractivity contribution is -0.118. The summed E-state index contributed by atoms with van der Waals surface area (Å²) in [6.45, 7) is 5.91. The average Bonchev–Trinajstić information content (AvgIpc) is 3.58. The van der Waals surface area contributed by atoms with Crippen LogP contribution >= 0.6 is 0 Å². The number of benzene rings is 1. The highest BCUT2D eigenvalue weighted by Gasteiger charge is 2.35. The summed E-state index contributed by atoms with van der Waals surface area (Å²) < 4.78 is 28.3. The van der Waals surface area contributed by atoms with E-state index in [0.29, 0.717) is 43.8 Å². The van der Waals surface area contributed by atoms with Gasteiger partial charge in [0.1, 0.15) is 12.0 Å². The molecule has 0 radical (unpaired) electrons. The van der Waals surface area contributed by atoms with E-state index < -0.39 is 6.17 Å². The number of piperidine rings is 2. The first kappa shape index (κ1) is 24.2. The number of aryl methyl sites for hydroxylation is 1. The summed E-state index contributed by atoms with van der Waals surface area (Å²) >= 11 is 0. The van der Waals surface area contributed by atoms with Crippen LogP contribution in [0.25, 0.3) is 16.7 Å². The second kappa shape index (κ2) is 9.98. The fraction of sp³-hybridized carbons (Fsp3) is 0.556. The molecule has 2 aromatic heterocycles. The second-order valence-corrected chi connectivity index (χ2v) is 10.4. The monoisotopic (exact) mass is 508 g/mol. The summed E-state index contributed by atoms with van der Waals surface area (Å²) in [5.41, 5.74) is 2.96. The molecule has 0 bridgehead atoms. The largest absolute Gasteiger partial charge is 0.467 e. The number of hydrogen-bond acceptors (Lipinski definition) is 8. The van der Waals surface area contributed by atoms with E-state index in [1.54, 1.807) is 10.9 Å². The van der Waals surface area contributed by atoms with Crippen LogP contribution in [0.3, 0.4) is 0 Å². The molecule has 0 N–H and O–H groups in total. The molecule has 0 aliphatic carbocycles. The fourth-order valence-corrected chi connectivity index (χ4v) is 6.00. The summed E-state index contributed by atoms with van der Waals surface area (Å²) in [7, 11) is 1.53. The predicted molar refractivity (Wildman–Crippen MR) is 137 cm³/mol. The number of nitrogens with zero attached hydrogens (tertiary/aromatic N) is 6. The van der Waals surface area contributed by atoms with Gasteiger partial charge in [0.2, 0.25) is 0 Å². The minimum atomic E-state index is -0.941. The van der Waals surface area contributed by atoms with Crippen molar-refractivity contribution in [3.8, 4) is 11.8 Å². The zero-order valence-electron chi connectivity index (χ0n) is 21.4. The lowest BCUT2D eigenvalue weighted by atomic mass is 9.84. The fourth-order valence-electron chi connectivity index (χ4n) is 6.00. The SMILES string of the molecule is COc1nc(N2CCCC(=O)C2)cc(-n2ncc3cc(C)c(C4CCN(C5CCOC5)CC4F)cc32)n1. The van der Waals surface area contributed by atoms with Crippen LogP contribution in [-0.2, 0) is 9.53 Å². The average molecular weight is 509 g/mol. The van der Waals surface area contributed by atoms with Gasteiger partial charge in [-0.2, -0.15) is 15.1 Å². The molecule has 3 saturated heterocycles. The summed E-state index contributed by atoms with van der Waals surface area (Å²) in [5.74, 6) is 1.22. The van der Waals surface area contributed by atoms with Crippen molar-refractivity contribution in [2.24, 2.45) is 0 Å². The number of carbonyl (C=O) groups is 1. The van der Waals surface area contributed by atoms with E-state index in [0.717, 1.165) is 61.0 Å². The predicted octanol–water partition coefficient (Wildman–Crippen LogP) is 3.22. The molecule has 0 saturated carbocycles. The molecule has 3 aliphatic heterocycles. The van der Waals surface area contributed by atoms with Gasteiger partial charge in [0.05, 0.1) is 32.0 Å². The van der Waals surface area contributed by atoms with Gasteiger partial charge in [-0.3, -0.25) is 9.69 Å². The van der Waals surface area contributed by atoms with Crippen LogP contribution < -0.4 is 9.64 Å². The molecule has 5 heterocycles. The third-order valence-corrected chi connectivity index (χ3v) is 8.00. The highest BCUT2D eigenvalue weighted by atomic mass is 19.1. The van der Waals surface area contributed by atoms with Crippen LogP contribution in [0, 0.1) is 6.92 Å². The highest BCUT2D eigenvalue weighted by molar-refractivity contribution is 5.85. The van der Waals surface area contributed by atoms with Crippen LogP contribution in [0.4, 0.5) is 10.2 Å². The van der Waals surface area contributed by atoms with Gasteiger partial charge in [0.25, 0.3) is 0 Å². The number of rotatable bonds is 5. The van der Waals surface area contributed by atoms with E-state index in [1.807, 2.05) is 11.0 Å². The summed E-state index contributed by atoms with van der Waals surface area (Å²) in [4.78, 5) is 25.3. The normalized spacial score (nSPS) is 25.2. The zero-order valence-corrected chi connectivity index (χ0v) is 21.4. The molecule has 1 aromatic carbocycles. The summed E-state index contributed by atoms with van der Waals surface area (Å²) in [5, 5.41) is 5.58. The van der Waals surface area contributed by atoms with Crippen molar-refractivity contribution in [1.29, 1.82) is 0 Å².